The third kappa shape index (κ3) is 4.32. The molecule has 1 saturated carbocycles. The van der Waals surface area contributed by atoms with E-state index in [0.29, 0.717) is 36.1 Å². The average Bonchev–Trinajstić information content (AvgIpc) is 3.12. The van der Waals surface area contributed by atoms with Gasteiger partial charge in [0.2, 0.25) is 0 Å². The minimum absolute atomic E-state index is 0.0842. The van der Waals surface area contributed by atoms with Crippen molar-refractivity contribution in [1.82, 2.24) is 0 Å². The standard InChI is InChI=1S/C20H36O4/c1-13(2)23-18-6-7-22-20(10-18)9-17(20)8-16-12-21-11-15(5)19(16)24-14(3)4/h13-19H,6-12H2,1-5H3/t15-,16-,17?,18?,19?,20?/m1/s1. The average molecular weight is 341 g/mol. The molecule has 3 fully saturated rings. The molecule has 0 aromatic rings. The first-order valence-electron chi connectivity index (χ1n) is 9.92. The summed E-state index contributed by atoms with van der Waals surface area (Å²) in [6.45, 7) is 13.3. The molecule has 1 aliphatic carbocycles. The number of hydrogen-bond acceptors (Lipinski definition) is 4. The molecule has 1 spiro atoms. The lowest BCUT2D eigenvalue weighted by atomic mass is 9.85. The second-order valence-electron chi connectivity index (χ2n) is 8.77. The summed E-state index contributed by atoms with van der Waals surface area (Å²) < 4.78 is 24.4. The Morgan fingerprint density at radius 1 is 1.04 bits per heavy atom. The van der Waals surface area contributed by atoms with Crippen LogP contribution in [0.1, 0.15) is 60.3 Å². The van der Waals surface area contributed by atoms with Crippen LogP contribution in [0.5, 0.6) is 0 Å². The van der Waals surface area contributed by atoms with Crippen molar-refractivity contribution in [3.05, 3.63) is 0 Å². The number of hydrogen-bond donors (Lipinski definition) is 0. The lowest BCUT2D eigenvalue weighted by Crippen LogP contribution is -2.43. The van der Waals surface area contributed by atoms with Gasteiger partial charge in [-0.25, -0.2) is 0 Å². The SMILES string of the molecule is CC(C)OC1CCOC2(C1)CC2C[C@@H]1COC[C@@H](C)C1OC(C)C. The fourth-order valence-electron chi connectivity index (χ4n) is 4.71. The Hall–Kier alpha value is -0.160. The van der Waals surface area contributed by atoms with Crippen molar-refractivity contribution in [3.63, 3.8) is 0 Å². The van der Waals surface area contributed by atoms with E-state index in [1.165, 1.54) is 6.42 Å². The summed E-state index contributed by atoms with van der Waals surface area (Å²) in [6, 6.07) is 0. The van der Waals surface area contributed by atoms with Crippen LogP contribution in [0.4, 0.5) is 0 Å². The highest BCUT2D eigenvalue weighted by atomic mass is 16.5. The van der Waals surface area contributed by atoms with Crippen molar-refractivity contribution in [1.29, 1.82) is 0 Å². The van der Waals surface area contributed by atoms with Gasteiger partial charge in [-0.2, -0.15) is 0 Å². The molecule has 3 rings (SSSR count). The highest BCUT2D eigenvalue weighted by Crippen LogP contribution is 2.56. The van der Waals surface area contributed by atoms with Crippen molar-refractivity contribution in [2.24, 2.45) is 17.8 Å². The van der Waals surface area contributed by atoms with E-state index in [1.54, 1.807) is 0 Å². The molecule has 2 saturated heterocycles. The Balaban J connectivity index is 1.56. The van der Waals surface area contributed by atoms with Crippen LogP contribution in [0, 0.1) is 17.8 Å². The van der Waals surface area contributed by atoms with Crippen LogP contribution in [-0.2, 0) is 18.9 Å². The second kappa shape index (κ2) is 7.61. The van der Waals surface area contributed by atoms with Crippen molar-refractivity contribution >= 4 is 0 Å². The summed E-state index contributed by atoms with van der Waals surface area (Å²) in [7, 11) is 0. The molecule has 4 unspecified atom stereocenters. The van der Waals surface area contributed by atoms with E-state index in [1.807, 2.05) is 0 Å². The van der Waals surface area contributed by atoms with Crippen molar-refractivity contribution in [2.45, 2.75) is 90.3 Å². The second-order valence-corrected chi connectivity index (χ2v) is 8.77. The van der Waals surface area contributed by atoms with Gasteiger partial charge in [0, 0.05) is 24.9 Å². The summed E-state index contributed by atoms with van der Waals surface area (Å²) >= 11 is 0. The third-order valence-corrected chi connectivity index (χ3v) is 5.80. The fraction of sp³-hybridized carbons (Fsp3) is 1.00. The summed E-state index contributed by atoms with van der Waals surface area (Å²) in [5.41, 5.74) is 0.0842. The van der Waals surface area contributed by atoms with E-state index in [2.05, 4.69) is 34.6 Å². The molecule has 2 heterocycles. The molecule has 3 aliphatic rings. The summed E-state index contributed by atoms with van der Waals surface area (Å²) in [5.74, 6) is 1.62. The van der Waals surface area contributed by atoms with E-state index >= 15 is 0 Å². The predicted octanol–water partition coefficient (Wildman–Crippen LogP) is 3.82. The van der Waals surface area contributed by atoms with Gasteiger partial charge in [-0.15, -0.1) is 0 Å². The molecule has 0 bridgehead atoms. The molecule has 24 heavy (non-hydrogen) atoms. The van der Waals surface area contributed by atoms with Crippen molar-refractivity contribution in [2.75, 3.05) is 19.8 Å². The van der Waals surface area contributed by atoms with Gasteiger partial charge in [-0.3, -0.25) is 0 Å². The Kier molecular flexibility index (Phi) is 5.90. The van der Waals surface area contributed by atoms with Crippen LogP contribution in [-0.4, -0.2) is 49.8 Å². The molecule has 6 atom stereocenters. The highest BCUT2D eigenvalue weighted by Gasteiger charge is 2.58. The zero-order valence-corrected chi connectivity index (χ0v) is 16.1. The van der Waals surface area contributed by atoms with Gasteiger partial charge in [-0.1, -0.05) is 6.92 Å². The van der Waals surface area contributed by atoms with Gasteiger partial charge < -0.3 is 18.9 Å². The molecule has 140 valence electrons. The molecule has 0 aromatic heterocycles. The fourth-order valence-corrected chi connectivity index (χ4v) is 4.71. The van der Waals surface area contributed by atoms with Crippen LogP contribution < -0.4 is 0 Å². The molecule has 2 aliphatic heterocycles. The van der Waals surface area contributed by atoms with E-state index in [0.717, 1.165) is 39.1 Å². The maximum atomic E-state index is 6.25. The molecule has 0 radical (unpaired) electrons. The molecular formula is C20H36O4. The Labute approximate surface area is 147 Å². The largest absolute Gasteiger partial charge is 0.381 e. The van der Waals surface area contributed by atoms with Crippen molar-refractivity contribution in [3.8, 4) is 0 Å². The minimum Gasteiger partial charge on any atom is -0.381 e. The van der Waals surface area contributed by atoms with Crippen LogP contribution in [0.2, 0.25) is 0 Å². The summed E-state index contributed by atoms with van der Waals surface area (Å²) in [5, 5.41) is 0. The zero-order chi connectivity index (χ0) is 17.3. The Bertz CT molecular complexity index is 410. The first-order chi connectivity index (χ1) is 11.4. The lowest BCUT2D eigenvalue weighted by Gasteiger charge is -2.38. The van der Waals surface area contributed by atoms with E-state index in [9.17, 15) is 0 Å². The van der Waals surface area contributed by atoms with Gasteiger partial charge in [0.1, 0.15) is 0 Å². The van der Waals surface area contributed by atoms with Crippen LogP contribution in [0.15, 0.2) is 0 Å². The van der Waals surface area contributed by atoms with Crippen LogP contribution in [0.3, 0.4) is 0 Å². The van der Waals surface area contributed by atoms with Gasteiger partial charge in [0.05, 0.1) is 43.2 Å². The van der Waals surface area contributed by atoms with E-state index < -0.39 is 0 Å². The third-order valence-electron chi connectivity index (χ3n) is 5.80. The smallest absolute Gasteiger partial charge is 0.0740 e. The number of rotatable bonds is 6. The summed E-state index contributed by atoms with van der Waals surface area (Å²) in [6.07, 6.45) is 5.72. The molecule has 4 nitrogen and oxygen atoms in total. The monoisotopic (exact) mass is 340 g/mol. The Morgan fingerprint density at radius 2 is 1.79 bits per heavy atom. The van der Waals surface area contributed by atoms with Gasteiger partial charge in [0.15, 0.2) is 0 Å². The Morgan fingerprint density at radius 3 is 2.50 bits per heavy atom. The first-order valence-corrected chi connectivity index (χ1v) is 9.92. The van der Waals surface area contributed by atoms with E-state index in [-0.39, 0.29) is 11.7 Å². The van der Waals surface area contributed by atoms with Crippen molar-refractivity contribution < 1.29 is 18.9 Å². The lowest BCUT2D eigenvalue weighted by molar-refractivity contribution is -0.135. The topological polar surface area (TPSA) is 36.9 Å². The first kappa shape index (κ1) is 18.6. The van der Waals surface area contributed by atoms with Crippen LogP contribution in [0.25, 0.3) is 0 Å². The normalized spacial score (nSPS) is 42.9. The molecular weight excluding hydrogens is 304 g/mol. The quantitative estimate of drug-likeness (QED) is 0.737. The molecule has 0 amide bonds. The van der Waals surface area contributed by atoms with Gasteiger partial charge in [-0.05, 0) is 52.9 Å². The van der Waals surface area contributed by atoms with E-state index in [4.69, 9.17) is 18.9 Å². The molecule has 4 heteroatoms. The maximum Gasteiger partial charge on any atom is 0.0740 e. The summed E-state index contributed by atoms with van der Waals surface area (Å²) in [4.78, 5) is 0. The molecule has 0 N–H and O–H groups in total. The zero-order valence-electron chi connectivity index (χ0n) is 16.1. The predicted molar refractivity (Wildman–Crippen MR) is 94.1 cm³/mol. The van der Waals surface area contributed by atoms with Crippen LogP contribution >= 0.6 is 0 Å². The maximum absolute atomic E-state index is 6.25. The van der Waals surface area contributed by atoms with Gasteiger partial charge >= 0.3 is 0 Å². The number of ether oxygens (including phenoxy) is 4. The highest BCUT2D eigenvalue weighted by molar-refractivity contribution is 5.09. The minimum atomic E-state index is 0.0842. The molecule has 0 aromatic carbocycles. The van der Waals surface area contributed by atoms with Gasteiger partial charge in [0.25, 0.3) is 0 Å².